The number of nitrogens with zero attached hydrogens (tertiary/aromatic N) is 6. The SMILES string of the molecule is [C-]#[N+]c1c(C#N)c(-c2ccc3c(c2)c2ccccc2n3-c2ccccc2)c(-c2ccc3c(c2)c2ccccc2n3-c2ccccc2)c(-c2ccc3c(c2)c2ccccc2n3-c2ccccc2)c1-c1ccc2c(c1)c1ccccc1n2-c1ccccc1. The molecule has 6 nitrogen and oxygen atoms in total. The molecule has 0 N–H and O–H groups in total. The number of nitriles is 1. The minimum absolute atomic E-state index is 0.299. The van der Waals surface area contributed by atoms with E-state index in [-0.39, 0.29) is 0 Å². The van der Waals surface area contributed by atoms with Crippen molar-refractivity contribution >= 4 is 92.9 Å². The minimum atomic E-state index is 0.299. The van der Waals surface area contributed by atoms with Crippen molar-refractivity contribution in [3.8, 4) is 73.3 Å². The molecule has 17 rings (SSSR count). The van der Waals surface area contributed by atoms with Gasteiger partial charge in [0.1, 0.15) is 0 Å². The molecular formula is C80H48N6. The summed E-state index contributed by atoms with van der Waals surface area (Å²) in [6.45, 7) is 9.50. The van der Waals surface area contributed by atoms with Gasteiger partial charge in [0, 0.05) is 65.8 Å². The summed E-state index contributed by atoms with van der Waals surface area (Å²) < 4.78 is 9.34. The van der Waals surface area contributed by atoms with Crippen molar-refractivity contribution in [1.29, 1.82) is 5.26 Å². The Balaban J connectivity index is 1.05. The molecule has 6 heteroatoms. The van der Waals surface area contributed by atoms with Gasteiger partial charge in [0.15, 0.2) is 0 Å². The predicted octanol–water partition coefficient (Wildman–Crippen LogP) is 21.2. The van der Waals surface area contributed by atoms with Gasteiger partial charge >= 0.3 is 0 Å². The molecule has 0 aliphatic rings. The zero-order valence-electron chi connectivity index (χ0n) is 46.4. The number of rotatable bonds is 8. The van der Waals surface area contributed by atoms with Crippen molar-refractivity contribution in [2.75, 3.05) is 0 Å². The molecule has 0 aliphatic carbocycles. The first-order valence-corrected chi connectivity index (χ1v) is 29.0. The van der Waals surface area contributed by atoms with E-state index in [1.165, 1.54) is 0 Å². The highest BCUT2D eigenvalue weighted by Gasteiger charge is 2.31. The number of fused-ring (bicyclic) bond motifs is 12. The molecule has 0 fully saturated rings. The summed E-state index contributed by atoms with van der Waals surface area (Å²) >= 11 is 0. The van der Waals surface area contributed by atoms with Crippen LogP contribution in [-0.4, -0.2) is 18.3 Å². The lowest BCUT2D eigenvalue weighted by atomic mass is 9.78. The molecule has 0 aliphatic heterocycles. The van der Waals surface area contributed by atoms with E-state index >= 15 is 0 Å². The first kappa shape index (κ1) is 48.7. The Morgan fingerprint density at radius 3 is 0.791 bits per heavy atom. The maximum Gasteiger partial charge on any atom is 0.213 e. The van der Waals surface area contributed by atoms with Gasteiger partial charge in [-0.05, 0) is 166 Å². The molecule has 4 heterocycles. The first-order valence-electron chi connectivity index (χ1n) is 29.0. The van der Waals surface area contributed by atoms with Crippen LogP contribution < -0.4 is 0 Å². The largest absolute Gasteiger partial charge is 0.309 e. The van der Waals surface area contributed by atoms with Gasteiger partial charge in [-0.1, -0.05) is 170 Å². The quantitative estimate of drug-likeness (QED) is 0.140. The number of hydrogen-bond acceptors (Lipinski definition) is 1. The predicted molar refractivity (Wildman–Crippen MR) is 357 cm³/mol. The Kier molecular flexibility index (Phi) is 11.0. The molecule has 17 aromatic rings. The van der Waals surface area contributed by atoms with Crippen molar-refractivity contribution in [3.05, 3.63) is 308 Å². The van der Waals surface area contributed by atoms with Crippen molar-refractivity contribution < 1.29 is 0 Å². The van der Waals surface area contributed by atoms with E-state index in [0.717, 1.165) is 143 Å². The van der Waals surface area contributed by atoms with E-state index in [1.54, 1.807) is 0 Å². The van der Waals surface area contributed by atoms with Crippen molar-refractivity contribution in [2.45, 2.75) is 0 Å². The second-order valence-corrected chi connectivity index (χ2v) is 22.1. The molecule has 86 heavy (non-hydrogen) atoms. The van der Waals surface area contributed by atoms with Crippen LogP contribution in [0.1, 0.15) is 5.56 Å². The van der Waals surface area contributed by atoms with E-state index < -0.39 is 0 Å². The zero-order chi connectivity index (χ0) is 57.0. The molecule has 0 bridgehead atoms. The van der Waals surface area contributed by atoms with E-state index in [4.69, 9.17) is 0 Å². The van der Waals surface area contributed by atoms with Crippen LogP contribution in [0.2, 0.25) is 0 Å². The highest BCUT2D eigenvalue weighted by molar-refractivity contribution is 6.19. The normalized spacial score (nSPS) is 11.7. The van der Waals surface area contributed by atoms with Gasteiger partial charge in [0.25, 0.3) is 0 Å². The molecule has 0 saturated heterocycles. The Labute approximate surface area is 495 Å². The number of hydrogen-bond donors (Lipinski definition) is 0. The second-order valence-electron chi connectivity index (χ2n) is 22.1. The fraction of sp³-hybridized carbons (Fsp3) is 0. The van der Waals surface area contributed by atoms with Crippen LogP contribution >= 0.6 is 0 Å². The van der Waals surface area contributed by atoms with Gasteiger partial charge in [-0.3, -0.25) is 0 Å². The maximum atomic E-state index is 12.2. The Bertz CT molecular complexity index is 5360. The van der Waals surface area contributed by atoms with Gasteiger partial charge in [-0.15, -0.1) is 0 Å². The molecule has 4 aromatic heterocycles. The highest BCUT2D eigenvalue weighted by Crippen LogP contribution is 2.55. The van der Waals surface area contributed by atoms with Crippen LogP contribution in [0, 0.1) is 17.9 Å². The summed E-state index contributed by atoms with van der Waals surface area (Å²) in [5.41, 5.74) is 20.1. The smallest absolute Gasteiger partial charge is 0.213 e. The third-order valence-corrected chi connectivity index (χ3v) is 17.6. The summed E-state index contributed by atoms with van der Waals surface area (Å²) in [7, 11) is 0. The fourth-order valence-corrected chi connectivity index (χ4v) is 14.0. The molecule has 0 radical (unpaired) electrons. The summed E-state index contributed by atoms with van der Waals surface area (Å²) in [6, 6.07) is 106. The van der Waals surface area contributed by atoms with Gasteiger partial charge in [0.2, 0.25) is 5.69 Å². The van der Waals surface area contributed by atoms with Crippen molar-refractivity contribution in [3.63, 3.8) is 0 Å². The Morgan fingerprint density at radius 2 is 0.500 bits per heavy atom. The van der Waals surface area contributed by atoms with E-state index in [2.05, 4.69) is 308 Å². The van der Waals surface area contributed by atoms with Crippen LogP contribution in [0.3, 0.4) is 0 Å². The van der Waals surface area contributed by atoms with Crippen LogP contribution in [0.4, 0.5) is 5.69 Å². The second kappa shape index (κ2) is 19.3. The monoisotopic (exact) mass is 1090 g/mol. The lowest BCUT2D eigenvalue weighted by Gasteiger charge is -2.24. The minimum Gasteiger partial charge on any atom is -0.309 e. The van der Waals surface area contributed by atoms with Gasteiger partial charge < -0.3 is 18.3 Å². The van der Waals surface area contributed by atoms with Crippen molar-refractivity contribution in [2.24, 2.45) is 0 Å². The summed E-state index contributed by atoms with van der Waals surface area (Å²) in [6.07, 6.45) is 0. The molecule has 0 atom stereocenters. The third-order valence-electron chi connectivity index (χ3n) is 17.6. The molecule has 0 spiro atoms. The Morgan fingerprint density at radius 1 is 0.256 bits per heavy atom. The topological polar surface area (TPSA) is 47.9 Å². The summed E-state index contributed by atoms with van der Waals surface area (Å²) in [4.78, 5) is 4.57. The fourth-order valence-electron chi connectivity index (χ4n) is 14.0. The average Bonchev–Trinajstić information content (AvgIpc) is 1.33. The first-order chi connectivity index (χ1) is 42.6. The maximum absolute atomic E-state index is 12.2. The van der Waals surface area contributed by atoms with E-state index in [9.17, 15) is 11.8 Å². The molecule has 398 valence electrons. The number of benzene rings is 13. The average molecular weight is 1090 g/mol. The van der Waals surface area contributed by atoms with Crippen molar-refractivity contribution in [1.82, 2.24) is 18.3 Å². The molecule has 0 amide bonds. The van der Waals surface area contributed by atoms with Crippen LogP contribution in [0.25, 0.3) is 159 Å². The number of aromatic nitrogens is 4. The molecule has 13 aromatic carbocycles. The van der Waals surface area contributed by atoms with Gasteiger partial charge in [-0.25, -0.2) is 4.85 Å². The van der Waals surface area contributed by atoms with Crippen LogP contribution in [0.5, 0.6) is 0 Å². The highest BCUT2D eigenvalue weighted by atomic mass is 15.0. The third kappa shape index (κ3) is 7.24. The van der Waals surface area contributed by atoms with E-state index in [0.29, 0.717) is 22.4 Å². The number of para-hydroxylation sites is 8. The molecule has 0 saturated carbocycles. The van der Waals surface area contributed by atoms with Gasteiger partial charge in [-0.2, -0.15) is 5.26 Å². The molecule has 0 unspecified atom stereocenters. The van der Waals surface area contributed by atoms with E-state index in [1.807, 2.05) is 12.1 Å². The van der Waals surface area contributed by atoms with Crippen LogP contribution in [0.15, 0.2) is 291 Å². The van der Waals surface area contributed by atoms with Crippen LogP contribution in [-0.2, 0) is 0 Å². The van der Waals surface area contributed by atoms with Gasteiger partial charge in [0.05, 0.1) is 62.3 Å². The lowest BCUT2D eigenvalue weighted by molar-refractivity contribution is 1.18. The zero-order valence-corrected chi connectivity index (χ0v) is 46.4. The summed E-state index contributed by atoms with van der Waals surface area (Å²) in [5, 5.41) is 20.8. The standard InChI is InChI=1S/C80H48N6/c1-82-80-67(50-81)76(51-38-42-72-63(46-51)59-30-14-18-34-68(59)83(72)55-22-6-2-7-23-55)77(52-39-43-73-64(47-52)60-31-15-19-35-69(60)84(73)56-24-8-3-9-25-56)78(53-40-44-74-65(48-53)61-32-16-20-36-70(61)85(74)57-26-10-4-11-27-57)79(80)54-41-45-75-66(49-54)62-33-17-21-37-71(62)86(75)58-28-12-5-13-29-58/h2-49H. The lowest BCUT2D eigenvalue weighted by Crippen LogP contribution is -2.00. The Hall–Kier alpha value is -12.0. The molecular weight excluding hydrogens is 1040 g/mol. The summed E-state index contributed by atoms with van der Waals surface area (Å²) in [5.74, 6) is 0.